The number of halogens is 2. The van der Waals surface area contributed by atoms with Crippen LogP contribution in [0.3, 0.4) is 0 Å². The van der Waals surface area contributed by atoms with Crippen molar-refractivity contribution in [2.45, 2.75) is 17.4 Å². The average Bonchev–Trinajstić information content (AvgIpc) is 2.76. The van der Waals surface area contributed by atoms with Gasteiger partial charge in [-0.3, -0.25) is 10.1 Å². The first kappa shape index (κ1) is 17.3. The van der Waals surface area contributed by atoms with Crippen molar-refractivity contribution in [3.05, 3.63) is 32.8 Å². The Kier molecular flexibility index (Phi) is 5.50. The van der Waals surface area contributed by atoms with Gasteiger partial charge in [-0.1, -0.05) is 15.9 Å². The van der Waals surface area contributed by atoms with Crippen LogP contribution in [0.5, 0.6) is 0 Å². The number of nitrogens with zero attached hydrogens (tertiary/aromatic N) is 2. The zero-order chi connectivity index (χ0) is 14.2. The number of hydrogen-bond acceptors (Lipinski definition) is 5. The molecular formula is C10H13BrClN3O4S. The van der Waals surface area contributed by atoms with Crippen molar-refractivity contribution in [3.63, 3.8) is 0 Å². The van der Waals surface area contributed by atoms with Gasteiger partial charge in [-0.25, -0.2) is 8.42 Å². The van der Waals surface area contributed by atoms with Gasteiger partial charge in [0.05, 0.1) is 4.92 Å². The van der Waals surface area contributed by atoms with E-state index in [0.29, 0.717) is 10.9 Å². The lowest BCUT2D eigenvalue weighted by Crippen LogP contribution is -2.32. The molecule has 0 spiro atoms. The normalized spacial score (nSPS) is 19.6. The van der Waals surface area contributed by atoms with Crippen LogP contribution >= 0.6 is 28.3 Å². The summed E-state index contributed by atoms with van der Waals surface area (Å²) in [6, 6.07) is 3.67. The van der Waals surface area contributed by atoms with E-state index >= 15 is 0 Å². The van der Waals surface area contributed by atoms with Crippen LogP contribution in [0, 0.1) is 10.1 Å². The molecule has 1 aromatic carbocycles. The van der Waals surface area contributed by atoms with Gasteiger partial charge in [0.25, 0.3) is 5.69 Å². The van der Waals surface area contributed by atoms with Gasteiger partial charge in [0, 0.05) is 29.7 Å². The van der Waals surface area contributed by atoms with E-state index in [1.165, 1.54) is 22.5 Å². The molecule has 0 saturated carbocycles. The van der Waals surface area contributed by atoms with Crippen molar-refractivity contribution < 1.29 is 13.3 Å². The fraction of sp³-hybridized carbons (Fsp3) is 0.400. The second-order valence-electron chi connectivity index (χ2n) is 4.28. The smallest absolute Gasteiger partial charge is 0.290 e. The maximum Gasteiger partial charge on any atom is 0.290 e. The van der Waals surface area contributed by atoms with Crippen molar-refractivity contribution in [2.24, 2.45) is 5.73 Å². The Morgan fingerprint density at radius 1 is 1.45 bits per heavy atom. The maximum atomic E-state index is 12.4. The molecule has 112 valence electrons. The molecule has 0 bridgehead atoms. The molecule has 20 heavy (non-hydrogen) atoms. The highest BCUT2D eigenvalue weighted by Crippen LogP contribution is 2.30. The van der Waals surface area contributed by atoms with E-state index in [4.69, 9.17) is 5.73 Å². The molecule has 7 nitrogen and oxygen atoms in total. The molecule has 1 atom stereocenters. The predicted octanol–water partition coefficient (Wildman–Crippen LogP) is 1.50. The van der Waals surface area contributed by atoms with Gasteiger partial charge in [0.1, 0.15) is 0 Å². The zero-order valence-corrected chi connectivity index (χ0v) is 13.4. The van der Waals surface area contributed by atoms with Crippen molar-refractivity contribution in [1.82, 2.24) is 4.31 Å². The molecule has 10 heteroatoms. The largest absolute Gasteiger partial charge is 0.326 e. The third kappa shape index (κ3) is 3.29. The number of hydrogen-bond donors (Lipinski definition) is 1. The van der Waals surface area contributed by atoms with Crippen molar-refractivity contribution >= 4 is 44.0 Å². The van der Waals surface area contributed by atoms with Gasteiger partial charge in [0.2, 0.25) is 10.0 Å². The van der Waals surface area contributed by atoms with Gasteiger partial charge in [-0.15, -0.1) is 12.4 Å². The van der Waals surface area contributed by atoms with E-state index in [2.05, 4.69) is 15.9 Å². The summed E-state index contributed by atoms with van der Waals surface area (Å²) >= 11 is 3.09. The van der Waals surface area contributed by atoms with Crippen LogP contribution in [-0.4, -0.2) is 36.8 Å². The van der Waals surface area contributed by atoms with Crippen molar-refractivity contribution in [3.8, 4) is 0 Å². The number of nitro benzene ring substituents is 1. The van der Waals surface area contributed by atoms with E-state index in [1.54, 1.807) is 0 Å². The van der Waals surface area contributed by atoms with Crippen LogP contribution in [-0.2, 0) is 10.0 Å². The highest BCUT2D eigenvalue weighted by molar-refractivity contribution is 9.10. The quantitative estimate of drug-likeness (QED) is 0.626. The molecule has 0 unspecified atom stereocenters. The number of benzene rings is 1. The molecule has 0 aliphatic carbocycles. The summed E-state index contributed by atoms with van der Waals surface area (Å²) in [5.41, 5.74) is 5.24. The van der Waals surface area contributed by atoms with Gasteiger partial charge < -0.3 is 5.73 Å². The summed E-state index contributed by atoms with van der Waals surface area (Å²) in [5, 5.41) is 11.0. The van der Waals surface area contributed by atoms with Crippen molar-refractivity contribution in [1.29, 1.82) is 0 Å². The molecule has 1 fully saturated rings. The predicted molar refractivity (Wildman–Crippen MR) is 79.4 cm³/mol. The summed E-state index contributed by atoms with van der Waals surface area (Å²) in [7, 11) is -3.87. The molecule has 0 aromatic heterocycles. The molecule has 1 aromatic rings. The molecule has 2 N–H and O–H groups in total. The Hall–Kier alpha value is -0.740. The first-order chi connectivity index (χ1) is 8.82. The van der Waals surface area contributed by atoms with Crippen LogP contribution in [0.15, 0.2) is 27.6 Å². The van der Waals surface area contributed by atoms with Crippen LogP contribution < -0.4 is 5.73 Å². The molecule has 2 rings (SSSR count). The summed E-state index contributed by atoms with van der Waals surface area (Å²) < 4.78 is 26.4. The molecular weight excluding hydrogens is 374 g/mol. The van der Waals surface area contributed by atoms with Gasteiger partial charge in [-0.05, 0) is 18.6 Å². The highest BCUT2D eigenvalue weighted by Gasteiger charge is 2.35. The summed E-state index contributed by atoms with van der Waals surface area (Å²) in [5.74, 6) is 0. The van der Waals surface area contributed by atoms with E-state index in [9.17, 15) is 18.5 Å². The average molecular weight is 387 g/mol. The highest BCUT2D eigenvalue weighted by atomic mass is 79.9. The van der Waals surface area contributed by atoms with Crippen LogP contribution in [0.2, 0.25) is 0 Å². The summed E-state index contributed by atoms with van der Waals surface area (Å²) in [4.78, 5) is 9.98. The van der Waals surface area contributed by atoms with Gasteiger partial charge in [-0.2, -0.15) is 4.31 Å². The zero-order valence-electron chi connectivity index (χ0n) is 10.2. The first-order valence-corrected chi connectivity index (χ1v) is 7.75. The van der Waals surface area contributed by atoms with Gasteiger partial charge in [0.15, 0.2) is 4.90 Å². The molecule has 0 radical (unpaired) electrons. The topological polar surface area (TPSA) is 107 Å². The molecule has 1 heterocycles. The van der Waals surface area contributed by atoms with Crippen molar-refractivity contribution in [2.75, 3.05) is 13.1 Å². The third-order valence-electron chi connectivity index (χ3n) is 2.92. The first-order valence-electron chi connectivity index (χ1n) is 5.52. The maximum absolute atomic E-state index is 12.4. The van der Waals surface area contributed by atoms with E-state index in [1.807, 2.05) is 0 Å². The molecule has 1 saturated heterocycles. The lowest BCUT2D eigenvalue weighted by molar-refractivity contribution is -0.387. The monoisotopic (exact) mass is 385 g/mol. The van der Waals surface area contributed by atoms with E-state index in [-0.39, 0.29) is 36.4 Å². The van der Waals surface area contributed by atoms with Crippen LogP contribution in [0.25, 0.3) is 0 Å². The fourth-order valence-electron chi connectivity index (χ4n) is 1.96. The third-order valence-corrected chi connectivity index (χ3v) is 5.33. The van der Waals surface area contributed by atoms with Crippen LogP contribution in [0.4, 0.5) is 5.69 Å². The lowest BCUT2D eigenvalue weighted by Gasteiger charge is -2.15. The number of rotatable bonds is 3. The second kappa shape index (κ2) is 6.35. The number of nitro groups is 1. The number of sulfonamides is 1. The minimum Gasteiger partial charge on any atom is -0.326 e. The molecule has 0 amide bonds. The second-order valence-corrected chi connectivity index (χ2v) is 7.10. The summed E-state index contributed by atoms with van der Waals surface area (Å²) in [6.07, 6.45) is 0.559. The lowest BCUT2D eigenvalue weighted by atomic mass is 10.3. The fourth-order valence-corrected chi connectivity index (χ4v) is 3.96. The van der Waals surface area contributed by atoms with Gasteiger partial charge >= 0.3 is 0 Å². The minimum absolute atomic E-state index is 0. The number of nitrogens with two attached hydrogens (primary N) is 1. The Balaban J connectivity index is 0.00000200. The Morgan fingerprint density at radius 2 is 2.10 bits per heavy atom. The Bertz CT molecular complexity index is 625. The van der Waals surface area contributed by atoms with Crippen LogP contribution in [0.1, 0.15) is 6.42 Å². The van der Waals surface area contributed by atoms with E-state index in [0.717, 1.165) is 0 Å². The minimum atomic E-state index is -3.87. The standard InChI is InChI=1S/C10H12BrN3O4S.ClH/c11-7-1-2-10(9(5-7)14(15)16)19(17,18)13-4-3-8(12)6-13;/h1-2,5,8H,3-4,6,12H2;1H/t8-;/m1./s1. The molecule has 1 aliphatic rings. The SMILES string of the molecule is Cl.N[C@@H]1CCN(S(=O)(=O)c2ccc(Br)cc2[N+](=O)[O-])C1. The Morgan fingerprint density at radius 3 is 2.60 bits per heavy atom. The summed E-state index contributed by atoms with van der Waals surface area (Å²) in [6.45, 7) is 0.478. The van der Waals surface area contributed by atoms with E-state index < -0.39 is 20.6 Å². The molecule has 1 aliphatic heterocycles. The Labute approximate surface area is 130 Å².